The van der Waals surface area contributed by atoms with E-state index in [4.69, 9.17) is 5.11 Å². The van der Waals surface area contributed by atoms with Gasteiger partial charge in [0.2, 0.25) is 5.91 Å². The van der Waals surface area contributed by atoms with Gasteiger partial charge in [-0.05, 0) is 13.3 Å². The van der Waals surface area contributed by atoms with Crippen molar-refractivity contribution in [3.8, 4) is 0 Å². The average Bonchev–Trinajstić information content (AvgIpc) is 2.34. The molecule has 1 amide bonds. The van der Waals surface area contributed by atoms with E-state index < -0.39 is 0 Å². The number of aliphatic hydroxyl groups is 1. The number of hydrogen-bond donors (Lipinski definition) is 3. The van der Waals surface area contributed by atoms with E-state index in [1.165, 1.54) is 0 Å². The van der Waals surface area contributed by atoms with Crippen LogP contribution in [0.25, 0.3) is 0 Å². The van der Waals surface area contributed by atoms with Crippen LogP contribution in [0.2, 0.25) is 0 Å². The van der Waals surface area contributed by atoms with E-state index in [0.717, 1.165) is 25.9 Å². The first-order valence-electron chi connectivity index (χ1n) is 6.55. The van der Waals surface area contributed by atoms with Crippen molar-refractivity contribution in [1.29, 1.82) is 0 Å². The van der Waals surface area contributed by atoms with E-state index in [9.17, 15) is 4.79 Å². The Hall–Kier alpha value is -0.650. The summed E-state index contributed by atoms with van der Waals surface area (Å²) in [4.78, 5) is 14.0. The third-order valence-corrected chi connectivity index (χ3v) is 3.10. The van der Waals surface area contributed by atoms with E-state index in [0.29, 0.717) is 19.1 Å². The van der Waals surface area contributed by atoms with Crippen molar-refractivity contribution < 1.29 is 9.90 Å². The Labute approximate surface area is 104 Å². The van der Waals surface area contributed by atoms with Crippen molar-refractivity contribution in [3.05, 3.63) is 0 Å². The molecule has 5 nitrogen and oxygen atoms in total. The van der Waals surface area contributed by atoms with E-state index in [2.05, 4.69) is 24.5 Å². The molecular weight excluding hydrogens is 218 g/mol. The van der Waals surface area contributed by atoms with Crippen molar-refractivity contribution in [1.82, 2.24) is 15.5 Å². The topological polar surface area (TPSA) is 64.6 Å². The lowest BCUT2D eigenvalue weighted by Gasteiger charge is -2.32. The van der Waals surface area contributed by atoms with Gasteiger partial charge in [-0.2, -0.15) is 0 Å². The predicted molar refractivity (Wildman–Crippen MR) is 67.8 cm³/mol. The first-order valence-corrected chi connectivity index (χ1v) is 6.55. The quantitative estimate of drug-likeness (QED) is 0.592. The number of aliphatic hydroxyl groups excluding tert-OH is 1. The van der Waals surface area contributed by atoms with Gasteiger partial charge in [-0.1, -0.05) is 13.3 Å². The minimum absolute atomic E-state index is 0.0337. The van der Waals surface area contributed by atoms with Crippen molar-refractivity contribution in [2.45, 2.75) is 38.8 Å². The zero-order valence-electron chi connectivity index (χ0n) is 10.9. The highest BCUT2D eigenvalue weighted by molar-refractivity contribution is 5.82. The molecule has 0 aromatic heterocycles. The Kier molecular flexibility index (Phi) is 6.47. The zero-order valence-corrected chi connectivity index (χ0v) is 10.9. The van der Waals surface area contributed by atoms with Gasteiger partial charge in [0, 0.05) is 32.2 Å². The lowest BCUT2D eigenvalue weighted by Crippen LogP contribution is -2.59. The Morgan fingerprint density at radius 2 is 2.12 bits per heavy atom. The normalized spacial score (nSPS) is 24.6. The fourth-order valence-electron chi connectivity index (χ4n) is 1.98. The summed E-state index contributed by atoms with van der Waals surface area (Å²) in [5.74, 6) is 0.104. The summed E-state index contributed by atoms with van der Waals surface area (Å²) in [5.41, 5.74) is 0. The van der Waals surface area contributed by atoms with Crippen LogP contribution in [0.15, 0.2) is 0 Å². The molecule has 1 aliphatic rings. The SMILES string of the molecule is CCCCN(CCO)C(=O)C1CNC(C)CN1. The molecule has 1 aliphatic heterocycles. The number of carbonyl (C=O) groups excluding carboxylic acids is 1. The molecule has 0 aromatic rings. The highest BCUT2D eigenvalue weighted by Gasteiger charge is 2.26. The van der Waals surface area contributed by atoms with Crippen LogP contribution < -0.4 is 10.6 Å². The van der Waals surface area contributed by atoms with E-state index >= 15 is 0 Å². The Morgan fingerprint density at radius 1 is 1.35 bits per heavy atom. The van der Waals surface area contributed by atoms with Crippen molar-refractivity contribution in [3.63, 3.8) is 0 Å². The number of nitrogens with one attached hydrogen (secondary N) is 2. The largest absolute Gasteiger partial charge is 0.395 e. The third-order valence-electron chi connectivity index (χ3n) is 3.10. The van der Waals surface area contributed by atoms with Crippen LogP contribution in [0.1, 0.15) is 26.7 Å². The lowest BCUT2D eigenvalue weighted by atomic mass is 10.1. The summed E-state index contributed by atoms with van der Waals surface area (Å²) in [6.07, 6.45) is 2.05. The Balaban J connectivity index is 2.45. The number of rotatable bonds is 6. The van der Waals surface area contributed by atoms with Gasteiger partial charge < -0.3 is 20.6 Å². The van der Waals surface area contributed by atoms with Gasteiger partial charge in [0.15, 0.2) is 0 Å². The van der Waals surface area contributed by atoms with Crippen molar-refractivity contribution in [2.75, 3.05) is 32.8 Å². The molecular formula is C12H25N3O2. The summed E-state index contributed by atoms with van der Waals surface area (Å²) < 4.78 is 0. The lowest BCUT2D eigenvalue weighted by molar-refractivity contribution is -0.134. The molecule has 100 valence electrons. The van der Waals surface area contributed by atoms with Crippen LogP contribution in [0, 0.1) is 0 Å². The van der Waals surface area contributed by atoms with Gasteiger partial charge >= 0.3 is 0 Å². The monoisotopic (exact) mass is 243 g/mol. The summed E-state index contributed by atoms with van der Waals surface area (Å²) in [7, 11) is 0. The average molecular weight is 243 g/mol. The first-order chi connectivity index (χ1) is 8.19. The number of amides is 1. The molecule has 1 fully saturated rings. The van der Waals surface area contributed by atoms with Crippen LogP contribution in [-0.2, 0) is 4.79 Å². The molecule has 0 spiro atoms. The number of unbranched alkanes of at least 4 members (excludes halogenated alkanes) is 1. The molecule has 17 heavy (non-hydrogen) atoms. The summed E-state index contributed by atoms with van der Waals surface area (Å²) in [6.45, 7) is 6.90. The van der Waals surface area contributed by atoms with Gasteiger partial charge in [-0.3, -0.25) is 4.79 Å². The predicted octanol–water partition coefficient (Wildman–Crippen LogP) is -0.443. The van der Waals surface area contributed by atoms with E-state index in [1.807, 2.05) is 0 Å². The molecule has 2 unspecified atom stereocenters. The fraction of sp³-hybridized carbons (Fsp3) is 0.917. The van der Waals surface area contributed by atoms with Crippen LogP contribution in [0.5, 0.6) is 0 Å². The second-order valence-corrected chi connectivity index (χ2v) is 4.67. The van der Waals surface area contributed by atoms with Crippen LogP contribution >= 0.6 is 0 Å². The van der Waals surface area contributed by atoms with E-state index in [1.54, 1.807) is 4.90 Å². The van der Waals surface area contributed by atoms with Crippen LogP contribution in [0.4, 0.5) is 0 Å². The minimum Gasteiger partial charge on any atom is -0.395 e. The molecule has 0 saturated carbocycles. The highest BCUT2D eigenvalue weighted by Crippen LogP contribution is 2.02. The molecule has 1 heterocycles. The molecule has 0 aromatic carbocycles. The van der Waals surface area contributed by atoms with Crippen LogP contribution in [0.3, 0.4) is 0 Å². The summed E-state index contributed by atoms with van der Waals surface area (Å²) in [6, 6.07) is 0.274. The van der Waals surface area contributed by atoms with Gasteiger partial charge in [0.05, 0.1) is 12.6 Å². The molecule has 2 atom stereocenters. The van der Waals surface area contributed by atoms with Gasteiger partial charge in [-0.25, -0.2) is 0 Å². The zero-order chi connectivity index (χ0) is 12.7. The molecule has 1 rings (SSSR count). The first kappa shape index (κ1) is 14.4. The Morgan fingerprint density at radius 3 is 2.65 bits per heavy atom. The number of nitrogens with zero attached hydrogens (tertiary/aromatic N) is 1. The number of hydrogen-bond acceptors (Lipinski definition) is 4. The Bertz CT molecular complexity index is 228. The van der Waals surface area contributed by atoms with Gasteiger partial charge in [0.25, 0.3) is 0 Å². The second-order valence-electron chi connectivity index (χ2n) is 4.67. The molecule has 0 aliphatic carbocycles. The summed E-state index contributed by atoms with van der Waals surface area (Å²) >= 11 is 0. The standard InChI is InChI=1S/C12H25N3O2/c1-3-4-5-15(6-7-16)12(17)11-9-13-10(2)8-14-11/h10-11,13-14,16H,3-9H2,1-2H3. The van der Waals surface area contributed by atoms with Crippen molar-refractivity contribution in [2.24, 2.45) is 0 Å². The van der Waals surface area contributed by atoms with Gasteiger partial charge in [0.1, 0.15) is 0 Å². The van der Waals surface area contributed by atoms with Crippen molar-refractivity contribution >= 4 is 5.91 Å². The molecule has 5 heteroatoms. The van der Waals surface area contributed by atoms with Gasteiger partial charge in [-0.15, -0.1) is 0 Å². The molecule has 1 saturated heterocycles. The molecule has 0 radical (unpaired) electrons. The highest BCUT2D eigenvalue weighted by atomic mass is 16.3. The van der Waals surface area contributed by atoms with Crippen LogP contribution in [-0.4, -0.2) is 60.8 Å². The number of piperazine rings is 1. The third kappa shape index (κ3) is 4.61. The van der Waals surface area contributed by atoms with E-state index in [-0.39, 0.29) is 18.6 Å². The summed E-state index contributed by atoms with van der Waals surface area (Å²) in [5, 5.41) is 15.5. The minimum atomic E-state index is -0.144. The maximum absolute atomic E-state index is 12.2. The smallest absolute Gasteiger partial charge is 0.241 e. The maximum atomic E-state index is 12.2. The second kappa shape index (κ2) is 7.63. The molecule has 0 bridgehead atoms. The number of carbonyl (C=O) groups is 1. The fourth-order valence-corrected chi connectivity index (χ4v) is 1.98. The molecule has 3 N–H and O–H groups in total. The maximum Gasteiger partial charge on any atom is 0.241 e.